The lowest BCUT2D eigenvalue weighted by atomic mass is 9.99. The van der Waals surface area contributed by atoms with Crippen molar-refractivity contribution < 1.29 is 29.2 Å². The highest BCUT2D eigenvalue weighted by atomic mass is 16.5. The van der Waals surface area contributed by atoms with Crippen molar-refractivity contribution in [3.05, 3.63) is 57.3 Å². The lowest BCUT2D eigenvalue weighted by Crippen LogP contribution is -2.14. The summed E-state index contributed by atoms with van der Waals surface area (Å²) in [6.07, 6.45) is 4.88. The number of aromatic hydroxyl groups is 2. The molecule has 3 N–H and O–H groups in total. The maximum Gasteiger partial charge on any atom is 0.204 e. The van der Waals surface area contributed by atoms with Crippen LogP contribution in [0.15, 0.2) is 45.1 Å². The molecule has 0 bridgehead atoms. The van der Waals surface area contributed by atoms with E-state index in [2.05, 4.69) is 0 Å². The normalized spacial score (nSPS) is 11.7. The highest BCUT2D eigenvalue weighted by Crippen LogP contribution is 2.41. The molecule has 0 aliphatic carbocycles. The zero-order valence-corrected chi connectivity index (χ0v) is 19.5. The summed E-state index contributed by atoms with van der Waals surface area (Å²) in [6, 6.07) is 5.62. The standard InChI is InChI=1S/C26H28O7/c1-14(2)11-18-23(29)22-21(33-24(18)16-8-7-15(27)12-19(16)28)13-20(31-5)17(25(22)32-6)9-10-26(3,4)30/h7-13,27-28,30H,1-6H3/b10-9+. The Morgan fingerprint density at radius 2 is 1.76 bits per heavy atom. The van der Waals surface area contributed by atoms with Gasteiger partial charge in [-0.25, -0.2) is 0 Å². The Morgan fingerprint density at radius 3 is 2.30 bits per heavy atom. The first-order valence-electron chi connectivity index (χ1n) is 10.3. The minimum atomic E-state index is -1.09. The molecule has 0 atom stereocenters. The Balaban J connectivity index is 2.49. The van der Waals surface area contributed by atoms with Crippen molar-refractivity contribution >= 4 is 23.1 Å². The molecule has 0 amide bonds. The molecular formula is C26H28O7. The van der Waals surface area contributed by atoms with Gasteiger partial charge in [-0.1, -0.05) is 11.6 Å². The SMILES string of the molecule is COc1cc2oc(-c3ccc(O)cc3O)c(C=C(C)C)c(=O)c2c(OC)c1/C=C/C(C)(C)O. The molecule has 2 aromatic carbocycles. The van der Waals surface area contributed by atoms with Crippen LogP contribution < -0.4 is 14.9 Å². The second-order valence-electron chi connectivity index (χ2n) is 8.48. The maximum atomic E-state index is 13.7. The molecule has 3 aromatic rings. The van der Waals surface area contributed by atoms with Gasteiger partial charge in [-0.3, -0.25) is 4.79 Å². The Morgan fingerprint density at radius 1 is 1.06 bits per heavy atom. The third-order valence-corrected chi connectivity index (χ3v) is 4.91. The minimum absolute atomic E-state index is 0.116. The van der Waals surface area contributed by atoms with E-state index in [9.17, 15) is 20.1 Å². The Kier molecular flexibility index (Phi) is 6.56. The fourth-order valence-corrected chi connectivity index (χ4v) is 3.48. The van der Waals surface area contributed by atoms with Crippen LogP contribution in [0.25, 0.3) is 34.4 Å². The third kappa shape index (κ3) is 4.88. The van der Waals surface area contributed by atoms with Crippen molar-refractivity contribution in [3.8, 4) is 34.3 Å². The lowest BCUT2D eigenvalue weighted by molar-refractivity contribution is 0.134. The number of hydrogen-bond acceptors (Lipinski definition) is 7. The van der Waals surface area contributed by atoms with E-state index in [1.165, 1.54) is 32.4 Å². The van der Waals surface area contributed by atoms with E-state index in [4.69, 9.17) is 13.9 Å². The van der Waals surface area contributed by atoms with Gasteiger partial charge in [0.1, 0.15) is 39.7 Å². The van der Waals surface area contributed by atoms with Gasteiger partial charge in [-0.15, -0.1) is 0 Å². The lowest BCUT2D eigenvalue weighted by Gasteiger charge is -2.17. The summed E-state index contributed by atoms with van der Waals surface area (Å²) in [5.41, 5.74) is 0.539. The first-order valence-corrected chi connectivity index (χ1v) is 10.3. The molecule has 1 heterocycles. The number of hydrogen-bond donors (Lipinski definition) is 3. The van der Waals surface area contributed by atoms with Gasteiger partial charge in [0.05, 0.1) is 36.5 Å². The Bertz CT molecular complexity index is 1320. The monoisotopic (exact) mass is 452 g/mol. The molecule has 7 heteroatoms. The van der Waals surface area contributed by atoms with Crippen molar-refractivity contribution in [2.75, 3.05) is 14.2 Å². The van der Waals surface area contributed by atoms with E-state index in [0.29, 0.717) is 11.3 Å². The Hall–Kier alpha value is -3.71. The predicted molar refractivity (Wildman–Crippen MR) is 129 cm³/mol. The summed E-state index contributed by atoms with van der Waals surface area (Å²) < 4.78 is 17.3. The largest absolute Gasteiger partial charge is 0.508 e. The zero-order valence-electron chi connectivity index (χ0n) is 19.5. The van der Waals surface area contributed by atoms with Crippen LogP contribution in [0, 0.1) is 0 Å². The van der Waals surface area contributed by atoms with Crippen LogP contribution in [0.1, 0.15) is 38.8 Å². The summed E-state index contributed by atoms with van der Waals surface area (Å²) in [6.45, 7) is 6.93. The van der Waals surface area contributed by atoms with Gasteiger partial charge in [0, 0.05) is 12.1 Å². The molecule has 0 aliphatic heterocycles. The molecule has 0 unspecified atom stereocenters. The van der Waals surface area contributed by atoms with Gasteiger partial charge in [0.2, 0.25) is 5.43 Å². The van der Waals surface area contributed by atoms with Crippen LogP contribution in [0.2, 0.25) is 0 Å². The van der Waals surface area contributed by atoms with E-state index in [1.54, 1.807) is 38.1 Å². The van der Waals surface area contributed by atoms with Crippen molar-refractivity contribution in [1.29, 1.82) is 0 Å². The minimum Gasteiger partial charge on any atom is -0.508 e. The predicted octanol–water partition coefficient (Wildman–Crippen LogP) is 5.10. The number of allylic oxidation sites excluding steroid dienone is 1. The molecule has 3 rings (SSSR count). The first-order chi connectivity index (χ1) is 15.5. The summed E-state index contributed by atoms with van der Waals surface area (Å²) in [4.78, 5) is 13.7. The molecule has 0 saturated carbocycles. The number of ether oxygens (including phenoxy) is 2. The number of benzene rings is 2. The van der Waals surface area contributed by atoms with Gasteiger partial charge in [0.15, 0.2) is 0 Å². The van der Waals surface area contributed by atoms with Crippen LogP contribution in [0.4, 0.5) is 0 Å². The highest BCUT2D eigenvalue weighted by Gasteiger charge is 2.24. The van der Waals surface area contributed by atoms with E-state index < -0.39 is 5.60 Å². The molecule has 0 fully saturated rings. The number of phenols is 2. The van der Waals surface area contributed by atoms with Crippen molar-refractivity contribution in [1.82, 2.24) is 0 Å². The maximum absolute atomic E-state index is 13.7. The number of rotatable bonds is 6. The average molecular weight is 453 g/mol. The zero-order chi connectivity index (χ0) is 24.5. The van der Waals surface area contributed by atoms with Crippen molar-refractivity contribution in [2.24, 2.45) is 0 Å². The van der Waals surface area contributed by atoms with Crippen molar-refractivity contribution in [2.45, 2.75) is 33.3 Å². The smallest absolute Gasteiger partial charge is 0.204 e. The van der Waals surface area contributed by atoms with Crippen molar-refractivity contribution in [3.63, 3.8) is 0 Å². The third-order valence-electron chi connectivity index (χ3n) is 4.91. The summed E-state index contributed by atoms with van der Waals surface area (Å²) >= 11 is 0. The van der Waals surface area contributed by atoms with Crippen LogP contribution in [-0.4, -0.2) is 35.1 Å². The van der Waals surface area contributed by atoms with E-state index in [-0.39, 0.29) is 50.5 Å². The van der Waals surface area contributed by atoms with E-state index in [0.717, 1.165) is 5.57 Å². The average Bonchev–Trinajstić information content (AvgIpc) is 2.72. The number of aliphatic hydroxyl groups is 1. The summed E-state index contributed by atoms with van der Waals surface area (Å²) in [5.74, 6) is 0.414. The quantitative estimate of drug-likeness (QED) is 0.478. The van der Waals surface area contributed by atoms with Gasteiger partial charge in [0.25, 0.3) is 0 Å². The van der Waals surface area contributed by atoms with Gasteiger partial charge < -0.3 is 29.2 Å². The van der Waals surface area contributed by atoms with E-state index >= 15 is 0 Å². The molecule has 7 nitrogen and oxygen atoms in total. The molecular weight excluding hydrogens is 424 g/mol. The fourth-order valence-electron chi connectivity index (χ4n) is 3.48. The second kappa shape index (κ2) is 9.03. The molecule has 0 saturated heterocycles. The molecule has 0 radical (unpaired) electrons. The van der Waals surface area contributed by atoms with Crippen LogP contribution >= 0.6 is 0 Å². The topological polar surface area (TPSA) is 109 Å². The number of methoxy groups -OCH3 is 2. The molecule has 33 heavy (non-hydrogen) atoms. The van der Waals surface area contributed by atoms with Crippen LogP contribution in [0.5, 0.6) is 23.0 Å². The summed E-state index contributed by atoms with van der Waals surface area (Å²) in [5, 5.41) is 30.4. The van der Waals surface area contributed by atoms with Gasteiger partial charge in [-0.2, -0.15) is 0 Å². The number of phenolic OH excluding ortho intramolecular Hbond substituents is 2. The van der Waals surface area contributed by atoms with E-state index in [1.807, 2.05) is 13.8 Å². The van der Waals surface area contributed by atoms with Crippen LogP contribution in [0.3, 0.4) is 0 Å². The van der Waals surface area contributed by atoms with Crippen LogP contribution in [-0.2, 0) is 0 Å². The summed E-state index contributed by atoms with van der Waals surface area (Å²) in [7, 11) is 2.92. The molecule has 1 aromatic heterocycles. The van der Waals surface area contributed by atoms with Gasteiger partial charge in [-0.05, 0) is 52.0 Å². The Labute approximate surface area is 191 Å². The van der Waals surface area contributed by atoms with Gasteiger partial charge >= 0.3 is 0 Å². The molecule has 174 valence electrons. The fraction of sp³-hybridized carbons (Fsp3) is 0.269. The molecule has 0 spiro atoms. The highest BCUT2D eigenvalue weighted by molar-refractivity contribution is 5.94. The first kappa shape index (κ1) is 23.9. The number of fused-ring (bicyclic) bond motifs is 1. The second-order valence-corrected chi connectivity index (χ2v) is 8.48. The molecule has 0 aliphatic rings.